The molecule has 2 rings (SSSR count). The maximum atomic E-state index is 10.8. The third-order valence-electron chi connectivity index (χ3n) is 2.79. The van der Waals surface area contributed by atoms with Gasteiger partial charge < -0.3 is 20.4 Å². The van der Waals surface area contributed by atoms with Gasteiger partial charge in [0, 0.05) is 17.4 Å². The summed E-state index contributed by atoms with van der Waals surface area (Å²) in [6.07, 6.45) is 0.0546. The molecular formula is C11H19NO6S2. The Labute approximate surface area is 122 Å². The molecule has 2 atom stereocenters. The first-order valence-electron chi connectivity index (χ1n) is 5.86. The molecule has 1 aliphatic heterocycles. The number of fused-ring (bicyclic) bond motifs is 1. The number of ether oxygens (including phenoxy) is 3. The van der Waals surface area contributed by atoms with Gasteiger partial charge in [-0.1, -0.05) is 0 Å². The average Bonchev–Trinajstić information content (AvgIpc) is 2.80. The summed E-state index contributed by atoms with van der Waals surface area (Å²) in [4.78, 5) is 0. The normalized spacial score (nSPS) is 19.2. The van der Waals surface area contributed by atoms with Crippen molar-refractivity contribution in [2.45, 2.75) is 24.7 Å². The van der Waals surface area contributed by atoms with E-state index in [1.165, 1.54) is 18.3 Å². The van der Waals surface area contributed by atoms with Crippen molar-refractivity contribution in [2.75, 3.05) is 19.8 Å². The molecule has 7 nitrogen and oxygen atoms in total. The van der Waals surface area contributed by atoms with Crippen LogP contribution in [0, 0.1) is 0 Å². The highest BCUT2D eigenvalue weighted by Gasteiger charge is 2.22. The van der Waals surface area contributed by atoms with E-state index in [1.807, 2.05) is 10.8 Å². The SMILES string of the molecule is CC(CCOCC1COc2cscc2O1)S(=O)(=O)O.N. The molecule has 2 unspecified atom stereocenters. The van der Waals surface area contributed by atoms with Crippen LogP contribution < -0.4 is 15.6 Å². The molecule has 9 heteroatoms. The van der Waals surface area contributed by atoms with E-state index < -0.39 is 15.4 Å². The molecule has 0 radical (unpaired) electrons. The third kappa shape index (κ3) is 4.60. The molecule has 1 aromatic rings. The molecule has 0 amide bonds. The van der Waals surface area contributed by atoms with E-state index in [0.29, 0.717) is 13.2 Å². The van der Waals surface area contributed by atoms with Crippen LogP contribution >= 0.6 is 11.3 Å². The highest BCUT2D eigenvalue weighted by atomic mass is 32.2. The van der Waals surface area contributed by atoms with Crippen molar-refractivity contribution in [1.82, 2.24) is 6.15 Å². The van der Waals surface area contributed by atoms with E-state index in [9.17, 15) is 8.42 Å². The molecule has 0 bridgehead atoms. The second-order valence-electron chi connectivity index (χ2n) is 4.34. The number of rotatable bonds is 6. The van der Waals surface area contributed by atoms with Gasteiger partial charge in [-0.05, 0) is 13.3 Å². The van der Waals surface area contributed by atoms with Crippen molar-refractivity contribution < 1.29 is 27.2 Å². The minimum Gasteiger partial charge on any atom is -0.485 e. The monoisotopic (exact) mass is 325 g/mol. The Kier molecular flexibility index (Phi) is 6.21. The van der Waals surface area contributed by atoms with E-state index in [2.05, 4.69) is 0 Å². The topological polar surface area (TPSA) is 117 Å². The van der Waals surface area contributed by atoms with Crippen LogP contribution in [0.5, 0.6) is 11.5 Å². The molecule has 0 aromatic carbocycles. The number of thiophene rings is 1. The Morgan fingerprint density at radius 1 is 1.50 bits per heavy atom. The second kappa shape index (κ2) is 7.23. The van der Waals surface area contributed by atoms with Gasteiger partial charge in [-0.2, -0.15) is 8.42 Å². The maximum Gasteiger partial charge on any atom is 0.267 e. The van der Waals surface area contributed by atoms with Gasteiger partial charge in [-0.3, -0.25) is 4.55 Å². The lowest BCUT2D eigenvalue weighted by atomic mass is 10.3. The molecule has 1 aliphatic rings. The summed E-state index contributed by atoms with van der Waals surface area (Å²) in [5, 5.41) is 2.92. The summed E-state index contributed by atoms with van der Waals surface area (Å²) in [6, 6.07) is 0. The molecule has 0 saturated carbocycles. The second-order valence-corrected chi connectivity index (χ2v) is 6.92. The van der Waals surface area contributed by atoms with Crippen molar-refractivity contribution in [3.05, 3.63) is 10.8 Å². The third-order valence-corrected chi connectivity index (χ3v) is 4.75. The fourth-order valence-corrected chi connectivity index (χ4v) is 2.62. The highest BCUT2D eigenvalue weighted by Crippen LogP contribution is 2.35. The largest absolute Gasteiger partial charge is 0.485 e. The molecular weight excluding hydrogens is 306 g/mol. The van der Waals surface area contributed by atoms with Gasteiger partial charge in [-0.25, -0.2) is 0 Å². The zero-order valence-electron chi connectivity index (χ0n) is 11.1. The zero-order valence-corrected chi connectivity index (χ0v) is 12.8. The van der Waals surface area contributed by atoms with E-state index in [0.717, 1.165) is 11.5 Å². The van der Waals surface area contributed by atoms with Crippen LogP contribution in [0.1, 0.15) is 13.3 Å². The quantitative estimate of drug-likeness (QED) is 0.604. The molecule has 4 N–H and O–H groups in total. The van der Waals surface area contributed by atoms with E-state index in [1.54, 1.807) is 0 Å². The standard InChI is InChI=1S/C11H16O6S2.H3N/c1-8(19(12,13)14)2-3-15-4-9-5-16-10-6-18-7-11(10)17-9;/h6-9H,2-5H2,1H3,(H,12,13,14);1H3. The van der Waals surface area contributed by atoms with E-state index >= 15 is 0 Å². The Morgan fingerprint density at radius 3 is 2.90 bits per heavy atom. The number of hydrogen-bond acceptors (Lipinski definition) is 7. The first kappa shape index (κ1) is 17.2. The Hall–Kier alpha value is -0.870. The minimum absolute atomic E-state index is 0. The fourth-order valence-electron chi connectivity index (χ4n) is 1.56. The summed E-state index contributed by atoms with van der Waals surface area (Å²) in [5.74, 6) is 1.47. The molecule has 0 spiro atoms. The smallest absolute Gasteiger partial charge is 0.267 e. The lowest BCUT2D eigenvalue weighted by Gasteiger charge is -2.24. The van der Waals surface area contributed by atoms with Crippen molar-refractivity contribution in [3.8, 4) is 11.5 Å². The van der Waals surface area contributed by atoms with Crippen molar-refractivity contribution >= 4 is 21.5 Å². The van der Waals surface area contributed by atoms with Crippen LogP contribution in [0.15, 0.2) is 10.8 Å². The first-order chi connectivity index (χ1) is 8.97. The van der Waals surface area contributed by atoms with Crippen LogP contribution in [0.4, 0.5) is 0 Å². The summed E-state index contributed by atoms with van der Waals surface area (Å²) >= 11 is 1.51. The van der Waals surface area contributed by atoms with Gasteiger partial charge in [0.1, 0.15) is 6.61 Å². The van der Waals surface area contributed by atoms with Crippen LogP contribution in [0.25, 0.3) is 0 Å². The molecule has 1 aromatic heterocycles. The fraction of sp³-hybridized carbons (Fsp3) is 0.636. The molecule has 0 fully saturated rings. The minimum atomic E-state index is -3.98. The van der Waals surface area contributed by atoms with Crippen LogP contribution in [0.3, 0.4) is 0 Å². The Bertz CT molecular complexity index is 515. The van der Waals surface area contributed by atoms with Crippen LogP contribution in [-0.2, 0) is 14.9 Å². The van der Waals surface area contributed by atoms with Gasteiger partial charge in [0.2, 0.25) is 0 Å². The molecule has 0 saturated heterocycles. The predicted molar refractivity (Wildman–Crippen MR) is 75.7 cm³/mol. The van der Waals surface area contributed by atoms with Gasteiger partial charge in [0.05, 0.1) is 11.9 Å². The van der Waals surface area contributed by atoms with Crippen LogP contribution in [0.2, 0.25) is 0 Å². The Morgan fingerprint density at radius 2 is 2.20 bits per heavy atom. The van der Waals surface area contributed by atoms with Gasteiger partial charge >= 0.3 is 0 Å². The molecule has 20 heavy (non-hydrogen) atoms. The highest BCUT2D eigenvalue weighted by molar-refractivity contribution is 7.86. The summed E-state index contributed by atoms with van der Waals surface area (Å²) in [7, 11) is -3.98. The van der Waals surface area contributed by atoms with E-state index in [-0.39, 0.29) is 25.3 Å². The van der Waals surface area contributed by atoms with Crippen LogP contribution in [-0.4, -0.2) is 44.1 Å². The number of hydrogen-bond donors (Lipinski definition) is 2. The van der Waals surface area contributed by atoms with Gasteiger partial charge in [0.25, 0.3) is 10.1 Å². The summed E-state index contributed by atoms with van der Waals surface area (Å²) in [5.41, 5.74) is 0. The molecule has 2 heterocycles. The lowest BCUT2D eigenvalue weighted by Crippen LogP contribution is -2.33. The van der Waals surface area contributed by atoms with Gasteiger partial charge in [-0.15, -0.1) is 11.3 Å². The van der Waals surface area contributed by atoms with Crippen molar-refractivity contribution in [2.24, 2.45) is 0 Å². The molecule has 0 aliphatic carbocycles. The van der Waals surface area contributed by atoms with Crippen molar-refractivity contribution in [3.63, 3.8) is 0 Å². The summed E-state index contributed by atoms with van der Waals surface area (Å²) < 4.78 is 46.8. The molecule has 116 valence electrons. The lowest BCUT2D eigenvalue weighted by molar-refractivity contribution is 0.00880. The van der Waals surface area contributed by atoms with E-state index in [4.69, 9.17) is 18.8 Å². The van der Waals surface area contributed by atoms with Gasteiger partial charge in [0.15, 0.2) is 17.6 Å². The summed E-state index contributed by atoms with van der Waals surface area (Å²) in [6.45, 7) is 2.43. The van der Waals surface area contributed by atoms with Crippen molar-refractivity contribution in [1.29, 1.82) is 0 Å². The Balaban J connectivity index is 0.00000200. The first-order valence-corrected chi connectivity index (χ1v) is 8.31. The maximum absolute atomic E-state index is 10.8. The average molecular weight is 325 g/mol. The predicted octanol–water partition coefficient (Wildman–Crippen LogP) is 1.73. The zero-order chi connectivity index (χ0) is 13.9.